The normalized spacial score (nSPS) is 14.0. The summed E-state index contributed by atoms with van der Waals surface area (Å²) in [5.41, 5.74) is 2.01. The Bertz CT molecular complexity index is 469. The molecule has 5 heteroatoms. The Morgan fingerprint density at radius 2 is 1.95 bits per heavy atom. The number of carbonyl (C=O) groups excluding carboxylic acids is 1. The zero-order chi connectivity index (χ0) is 15.1. The molecule has 0 atom stereocenters. The van der Waals surface area contributed by atoms with E-state index in [0.717, 1.165) is 23.4 Å². The van der Waals surface area contributed by atoms with Gasteiger partial charge in [0.15, 0.2) is 6.29 Å². The summed E-state index contributed by atoms with van der Waals surface area (Å²) in [5.74, 6) is 0.893. The van der Waals surface area contributed by atoms with Crippen LogP contribution in [-0.2, 0) is 20.7 Å². The van der Waals surface area contributed by atoms with Crippen LogP contribution < -0.4 is 10.1 Å². The first kappa shape index (κ1) is 15.8. The van der Waals surface area contributed by atoms with E-state index in [1.54, 1.807) is 0 Å². The van der Waals surface area contributed by atoms with Crippen LogP contribution >= 0.6 is 0 Å². The first-order valence-corrected chi connectivity index (χ1v) is 7.51. The van der Waals surface area contributed by atoms with E-state index in [1.165, 1.54) is 0 Å². The molecule has 1 aromatic rings. The van der Waals surface area contributed by atoms with E-state index in [0.29, 0.717) is 32.7 Å². The number of hydrogen-bond donors (Lipinski definition) is 1. The molecule has 0 unspecified atom stereocenters. The number of nitrogens with one attached hydrogen (secondary N) is 1. The molecule has 0 bridgehead atoms. The SMILES string of the molecule is CCOC(CCOc1ccc2c(c1)CCC(=O)N2)OCC. The smallest absolute Gasteiger partial charge is 0.224 e. The topological polar surface area (TPSA) is 56.8 Å². The van der Waals surface area contributed by atoms with Crippen LogP contribution in [0.3, 0.4) is 0 Å². The summed E-state index contributed by atoms with van der Waals surface area (Å²) in [7, 11) is 0. The van der Waals surface area contributed by atoms with Crippen molar-refractivity contribution in [2.24, 2.45) is 0 Å². The largest absolute Gasteiger partial charge is 0.493 e. The Balaban J connectivity index is 1.84. The summed E-state index contributed by atoms with van der Waals surface area (Å²) in [6, 6.07) is 5.76. The van der Waals surface area contributed by atoms with E-state index in [9.17, 15) is 4.79 Å². The molecule has 1 N–H and O–H groups in total. The third kappa shape index (κ3) is 4.72. The van der Waals surface area contributed by atoms with Crippen LogP contribution in [-0.4, -0.2) is 32.0 Å². The van der Waals surface area contributed by atoms with E-state index in [1.807, 2.05) is 32.0 Å². The lowest BCUT2D eigenvalue weighted by Crippen LogP contribution is -2.20. The van der Waals surface area contributed by atoms with Gasteiger partial charge in [-0.25, -0.2) is 0 Å². The summed E-state index contributed by atoms with van der Waals surface area (Å²) in [5, 5.41) is 2.86. The van der Waals surface area contributed by atoms with Crippen LogP contribution in [0.15, 0.2) is 18.2 Å². The molecule has 1 amide bonds. The number of aryl methyl sites for hydroxylation is 1. The van der Waals surface area contributed by atoms with Crippen molar-refractivity contribution in [2.45, 2.75) is 39.4 Å². The lowest BCUT2D eigenvalue weighted by atomic mass is 10.0. The molecule has 21 heavy (non-hydrogen) atoms. The van der Waals surface area contributed by atoms with Gasteiger partial charge in [0.1, 0.15) is 5.75 Å². The van der Waals surface area contributed by atoms with Gasteiger partial charge >= 0.3 is 0 Å². The van der Waals surface area contributed by atoms with Crippen molar-refractivity contribution in [2.75, 3.05) is 25.1 Å². The molecule has 0 saturated heterocycles. The van der Waals surface area contributed by atoms with Gasteiger partial charge in [0.2, 0.25) is 5.91 Å². The Morgan fingerprint density at radius 1 is 1.19 bits per heavy atom. The Labute approximate surface area is 125 Å². The number of amides is 1. The van der Waals surface area contributed by atoms with Crippen molar-refractivity contribution in [1.82, 2.24) is 0 Å². The Hall–Kier alpha value is -1.59. The molecule has 0 fully saturated rings. The van der Waals surface area contributed by atoms with Crippen LogP contribution in [0.2, 0.25) is 0 Å². The average Bonchev–Trinajstić information content (AvgIpc) is 2.48. The van der Waals surface area contributed by atoms with Gasteiger partial charge in [0.25, 0.3) is 0 Å². The Kier molecular flexibility index (Phi) is 6.02. The fourth-order valence-corrected chi connectivity index (χ4v) is 2.31. The van der Waals surface area contributed by atoms with Crippen molar-refractivity contribution in [3.05, 3.63) is 23.8 Å². The minimum absolute atomic E-state index is 0.0763. The van der Waals surface area contributed by atoms with Crippen LogP contribution in [0, 0.1) is 0 Å². The second-order valence-corrected chi connectivity index (χ2v) is 4.84. The molecule has 0 radical (unpaired) electrons. The number of ether oxygens (including phenoxy) is 3. The monoisotopic (exact) mass is 293 g/mol. The van der Waals surface area contributed by atoms with Crippen molar-refractivity contribution >= 4 is 11.6 Å². The van der Waals surface area contributed by atoms with Gasteiger partial charge in [-0.05, 0) is 44.0 Å². The Morgan fingerprint density at radius 3 is 2.67 bits per heavy atom. The number of fused-ring (bicyclic) bond motifs is 1. The molecule has 1 heterocycles. The average molecular weight is 293 g/mol. The van der Waals surface area contributed by atoms with E-state index in [2.05, 4.69) is 5.32 Å². The number of benzene rings is 1. The molecule has 2 rings (SSSR count). The highest BCUT2D eigenvalue weighted by atomic mass is 16.7. The molecule has 1 aliphatic heterocycles. The fraction of sp³-hybridized carbons (Fsp3) is 0.562. The lowest BCUT2D eigenvalue weighted by molar-refractivity contribution is -0.142. The third-order valence-corrected chi connectivity index (χ3v) is 3.30. The van der Waals surface area contributed by atoms with Crippen molar-refractivity contribution in [3.8, 4) is 5.75 Å². The fourth-order valence-electron chi connectivity index (χ4n) is 2.31. The van der Waals surface area contributed by atoms with E-state index >= 15 is 0 Å². The van der Waals surface area contributed by atoms with Crippen LogP contribution in [0.1, 0.15) is 32.3 Å². The van der Waals surface area contributed by atoms with Crippen LogP contribution in [0.25, 0.3) is 0 Å². The summed E-state index contributed by atoms with van der Waals surface area (Å²) >= 11 is 0. The van der Waals surface area contributed by atoms with Crippen molar-refractivity contribution < 1.29 is 19.0 Å². The molecule has 0 spiro atoms. The standard InChI is InChI=1S/C16H23NO4/c1-3-19-16(20-4-2)9-10-21-13-6-7-14-12(11-13)5-8-15(18)17-14/h6-7,11,16H,3-5,8-10H2,1-2H3,(H,17,18). The zero-order valence-electron chi connectivity index (χ0n) is 12.7. The quantitative estimate of drug-likeness (QED) is 0.749. The van der Waals surface area contributed by atoms with E-state index < -0.39 is 0 Å². The molecular formula is C16H23NO4. The molecule has 0 aliphatic carbocycles. The number of carbonyl (C=O) groups is 1. The lowest BCUT2D eigenvalue weighted by Gasteiger charge is -2.19. The highest BCUT2D eigenvalue weighted by molar-refractivity contribution is 5.93. The van der Waals surface area contributed by atoms with Gasteiger partial charge in [-0.15, -0.1) is 0 Å². The predicted octanol–water partition coefficient (Wildman–Crippen LogP) is 2.74. The zero-order valence-corrected chi connectivity index (χ0v) is 12.7. The summed E-state index contributed by atoms with van der Waals surface area (Å²) in [6.45, 7) is 5.69. The summed E-state index contributed by atoms with van der Waals surface area (Å²) in [4.78, 5) is 11.3. The molecule has 5 nitrogen and oxygen atoms in total. The second kappa shape index (κ2) is 8.00. The molecule has 116 valence electrons. The number of anilines is 1. The van der Waals surface area contributed by atoms with Gasteiger partial charge in [-0.2, -0.15) is 0 Å². The third-order valence-electron chi connectivity index (χ3n) is 3.30. The minimum atomic E-state index is -0.211. The van der Waals surface area contributed by atoms with Crippen LogP contribution in [0.4, 0.5) is 5.69 Å². The molecule has 0 saturated carbocycles. The molecule has 0 aromatic heterocycles. The maximum Gasteiger partial charge on any atom is 0.224 e. The van der Waals surface area contributed by atoms with Crippen LogP contribution in [0.5, 0.6) is 5.75 Å². The van der Waals surface area contributed by atoms with E-state index in [-0.39, 0.29) is 12.2 Å². The molecule has 1 aromatic carbocycles. The van der Waals surface area contributed by atoms with E-state index in [4.69, 9.17) is 14.2 Å². The van der Waals surface area contributed by atoms with Crippen molar-refractivity contribution in [3.63, 3.8) is 0 Å². The predicted molar refractivity (Wildman–Crippen MR) is 80.5 cm³/mol. The first-order valence-electron chi connectivity index (χ1n) is 7.51. The van der Waals surface area contributed by atoms with Gasteiger partial charge in [-0.1, -0.05) is 0 Å². The molecule has 1 aliphatic rings. The van der Waals surface area contributed by atoms with Crippen molar-refractivity contribution in [1.29, 1.82) is 0 Å². The molecular weight excluding hydrogens is 270 g/mol. The number of hydrogen-bond acceptors (Lipinski definition) is 4. The van der Waals surface area contributed by atoms with Gasteiger partial charge in [0.05, 0.1) is 6.61 Å². The maximum absolute atomic E-state index is 11.3. The first-order chi connectivity index (χ1) is 10.2. The van der Waals surface area contributed by atoms with Gasteiger partial charge in [0, 0.05) is 31.7 Å². The maximum atomic E-state index is 11.3. The number of rotatable bonds is 8. The van der Waals surface area contributed by atoms with Gasteiger partial charge < -0.3 is 19.5 Å². The minimum Gasteiger partial charge on any atom is -0.493 e. The second-order valence-electron chi connectivity index (χ2n) is 4.84. The highest BCUT2D eigenvalue weighted by Crippen LogP contribution is 2.26. The summed E-state index contributed by atoms with van der Waals surface area (Å²) in [6.07, 6.45) is 1.78. The van der Waals surface area contributed by atoms with Gasteiger partial charge in [-0.3, -0.25) is 4.79 Å². The highest BCUT2D eigenvalue weighted by Gasteiger charge is 2.15. The summed E-state index contributed by atoms with van der Waals surface area (Å²) < 4.78 is 16.7.